The quantitative estimate of drug-likeness (QED) is 0.760. The number of benzene rings is 1. The van der Waals surface area contributed by atoms with Crippen LogP contribution in [0.5, 0.6) is 0 Å². The van der Waals surface area contributed by atoms with Gasteiger partial charge in [-0.25, -0.2) is 4.98 Å². The summed E-state index contributed by atoms with van der Waals surface area (Å²) in [7, 11) is 0. The van der Waals surface area contributed by atoms with Crippen molar-refractivity contribution in [1.82, 2.24) is 4.98 Å². The highest BCUT2D eigenvalue weighted by Gasteiger charge is 2.22. The minimum absolute atomic E-state index is 0.00140. The first-order valence-electron chi connectivity index (χ1n) is 5.99. The Bertz CT molecular complexity index is 547. The standard InChI is InChI=1S/C14H20N2O/c1-8(2)13-16-11-7-9(15)6-10(12(11)17-13)14(3,4)5/h6-8H,15H2,1-5H3. The predicted molar refractivity (Wildman–Crippen MR) is 71.2 cm³/mol. The topological polar surface area (TPSA) is 52.0 Å². The molecular weight excluding hydrogens is 212 g/mol. The Morgan fingerprint density at radius 2 is 1.88 bits per heavy atom. The molecule has 2 N–H and O–H groups in total. The number of oxazole rings is 1. The molecule has 0 saturated heterocycles. The molecule has 1 aromatic carbocycles. The van der Waals surface area contributed by atoms with Crippen LogP contribution >= 0.6 is 0 Å². The smallest absolute Gasteiger partial charge is 0.198 e. The summed E-state index contributed by atoms with van der Waals surface area (Å²) in [6.45, 7) is 10.6. The SMILES string of the molecule is CC(C)c1nc2cc(N)cc(C(C)(C)C)c2o1. The van der Waals surface area contributed by atoms with Gasteiger partial charge in [0.2, 0.25) is 0 Å². The molecule has 2 rings (SSSR count). The number of aromatic nitrogens is 1. The Kier molecular flexibility index (Phi) is 2.64. The van der Waals surface area contributed by atoms with Crippen LogP contribution in [0.3, 0.4) is 0 Å². The molecule has 0 unspecified atom stereocenters. The molecule has 0 saturated carbocycles. The summed E-state index contributed by atoms with van der Waals surface area (Å²) in [5, 5.41) is 0. The molecule has 2 aromatic rings. The van der Waals surface area contributed by atoms with Gasteiger partial charge in [0.1, 0.15) is 5.52 Å². The van der Waals surface area contributed by atoms with E-state index in [1.807, 2.05) is 12.1 Å². The van der Waals surface area contributed by atoms with Crippen LogP contribution in [0, 0.1) is 0 Å². The van der Waals surface area contributed by atoms with Crippen molar-refractivity contribution in [2.45, 2.75) is 46.0 Å². The maximum absolute atomic E-state index is 5.93. The Balaban J connectivity index is 2.75. The van der Waals surface area contributed by atoms with E-state index in [-0.39, 0.29) is 11.3 Å². The van der Waals surface area contributed by atoms with Gasteiger partial charge >= 0.3 is 0 Å². The number of nitrogen functional groups attached to an aromatic ring is 1. The number of anilines is 1. The van der Waals surface area contributed by atoms with Crippen molar-refractivity contribution in [2.75, 3.05) is 5.73 Å². The summed E-state index contributed by atoms with van der Waals surface area (Å²) < 4.78 is 5.88. The van der Waals surface area contributed by atoms with Crippen molar-refractivity contribution >= 4 is 16.8 Å². The Morgan fingerprint density at radius 1 is 1.24 bits per heavy atom. The van der Waals surface area contributed by atoms with E-state index in [1.165, 1.54) is 0 Å². The first-order valence-corrected chi connectivity index (χ1v) is 5.99. The lowest BCUT2D eigenvalue weighted by Gasteiger charge is -2.19. The van der Waals surface area contributed by atoms with Crippen LogP contribution in [0.4, 0.5) is 5.69 Å². The fraction of sp³-hybridized carbons (Fsp3) is 0.500. The normalized spacial score (nSPS) is 12.6. The zero-order valence-electron chi connectivity index (χ0n) is 11.2. The average Bonchev–Trinajstić information content (AvgIpc) is 2.58. The van der Waals surface area contributed by atoms with Gasteiger partial charge in [0.25, 0.3) is 0 Å². The van der Waals surface area contributed by atoms with Crippen LogP contribution in [0.2, 0.25) is 0 Å². The van der Waals surface area contributed by atoms with Crippen molar-refractivity contribution in [2.24, 2.45) is 0 Å². The highest BCUT2D eigenvalue weighted by Crippen LogP contribution is 2.33. The van der Waals surface area contributed by atoms with E-state index in [4.69, 9.17) is 10.2 Å². The first-order chi connectivity index (χ1) is 7.79. The molecule has 0 aliphatic carbocycles. The molecule has 3 heteroatoms. The Labute approximate surface area is 102 Å². The number of hydrogen-bond donors (Lipinski definition) is 1. The second-order valence-corrected chi connectivity index (χ2v) is 5.87. The van der Waals surface area contributed by atoms with Gasteiger partial charge in [0.05, 0.1) is 0 Å². The van der Waals surface area contributed by atoms with E-state index < -0.39 is 0 Å². The van der Waals surface area contributed by atoms with E-state index in [9.17, 15) is 0 Å². The molecule has 3 nitrogen and oxygen atoms in total. The maximum Gasteiger partial charge on any atom is 0.198 e. The second-order valence-electron chi connectivity index (χ2n) is 5.87. The van der Waals surface area contributed by atoms with E-state index in [1.54, 1.807) is 0 Å². The zero-order chi connectivity index (χ0) is 12.8. The van der Waals surface area contributed by atoms with Crippen LogP contribution in [-0.2, 0) is 5.41 Å². The fourth-order valence-electron chi connectivity index (χ4n) is 1.88. The summed E-state index contributed by atoms with van der Waals surface area (Å²) in [6.07, 6.45) is 0. The number of hydrogen-bond acceptors (Lipinski definition) is 3. The number of rotatable bonds is 1. The molecule has 92 valence electrons. The molecule has 0 spiro atoms. The molecule has 0 aliphatic rings. The summed E-state index contributed by atoms with van der Waals surface area (Å²) in [5.74, 6) is 1.06. The highest BCUT2D eigenvalue weighted by molar-refractivity contribution is 5.81. The molecule has 0 atom stereocenters. The zero-order valence-corrected chi connectivity index (χ0v) is 11.2. The third kappa shape index (κ3) is 2.14. The van der Waals surface area contributed by atoms with Crippen molar-refractivity contribution in [1.29, 1.82) is 0 Å². The fourth-order valence-corrected chi connectivity index (χ4v) is 1.88. The van der Waals surface area contributed by atoms with Gasteiger partial charge in [-0.15, -0.1) is 0 Å². The lowest BCUT2D eigenvalue weighted by atomic mass is 9.86. The number of fused-ring (bicyclic) bond motifs is 1. The minimum Gasteiger partial charge on any atom is -0.440 e. The Hall–Kier alpha value is -1.51. The monoisotopic (exact) mass is 232 g/mol. The van der Waals surface area contributed by atoms with Gasteiger partial charge in [0.15, 0.2) is 11.5 Å². The first kappa shape index (κ1) is 12.0. The number of nitrogens with zero attached hydrogens (tertiary/aromatic N) is 1. The van der Waals surface area contributed by atoms with Crippen LogP contribution in [0.15, 0.2) is 16.5 Å². The van der Waals surface area contributed by atoms with Crippen LogP contribution in [0.1, 0.15) is 52.0 Å². The van der Waals surface area contributed by atoms with E-state index in [0.29, 0.717) is 0 Å². The summed E-state index contributed by atoms with van der Waals surface area (Å²) in [6, 6.07) is 3.86. The van der Waals surface area contributed by atoms with Crippen molar-refractivity contribution in [3.05, 3.63) is 23.6 Å². The lowest BCUT2D eigenvalue weighted by molar-refractivity contribution is 0.489. The molecular formula is C14H20N2O. The van der Waals surface area contributed by atoms with Gasteiger partial charge in [-0.2, -0.15) is 0 Å². The van der Waals surface area contributed by atoms with E-state index >= 15 is 0 Å². The molecule has 0 amide bonds. The Morgan fingerprint density at radius 3 is 2.41 bits per heavy atom. The third-order valence-corrected chi connectivity index (χ3v) is 2.83. The summed E-state index contributed by atoms with van der Waals surface area (Å²) >= 11 is 0. The van der Waals surface area contributed by atoms with Gasteiger partial charge in [-0.05, 0) is 17.5 Å². The minimum atomic E-state index is 0.00140. The third-order valence-electron chi connectivity index (χ3n) is 2.83. The molecule has 0 aliphatic heterocycles. The van der Waals surface area contributed by atoms with Crippen LogP contribution in [0.25, 0.3) is 11.1 Å². The van der Waals surface area contributed by atoms with Gasteiger partial charge in [-0.3, -0.25) is 0 Å². The maximum atomic E-state index is 5.93. The largest absolute Gasteiger partial charge is 0.440 e. The summed E-state index contributed by atoms with van der Waals surface area (Å²) in [4.78, 5) is 4.50. The second kappa shape index (κ2) is 3.76. The van der Waals surface area contributed by atoms with Gasteiger partial charge in [0, 0.05) is 17.2 Å². The molecule has 17 heavy (non-hydrogen) atoms. The van der Waals surface area contributed by atoms with Crippen LogP contribution in [-0.4, -0.2) is 4.98 Å². The van der Waals surface area contributed by atoms with E-state index in [0.717, 1.165) is 28.2 Å². The molecule has 1 heterocycles. The summed E-state index contributed by atoms with van der Waals surface area (Å²) in [5.41, 5.74) is 9.52. The molecule has 0 fully saturated rings. The van der Waals surface area contributed by atoms with Crippen molar-refractivity contribution in [3.63, 3.8) is 0 Å². The van der Waals surface area contributed by atoms with Crippen LogP contribution < -0.4 is 5.73 Å². The van der Waals surface area contributed by atoms with E-state index in [2.05, 4.69) is 39.6 Å². The van der Waals surface area contributed by atoms with Gasteiger partial charge in [-0.1, -0.05) is 34.6 Å². The van der Waals surface area contributed by atoms with Gasteiger partial charge < -0.3 is 10.2 Å². The average molecular weight is 232 g/mol. The molecule has 0 radical (unpaired) electrons. The number of nitrogens with two attached hydrogens (primary N) is 1. The molecule has 0 bridgehead atoms. The molecule has 1 aromatic heterocycles. The van der Waals surface area contributed by atoms with Crippen molar-refractivity contribution < 1.29 is 4.42 Å². The lowest BCUT2D eigenvalue weighted by Crippen LogP contribution is -2.11. The predicted octanol–water partition coefficient (Wildman–Crippen LogP) is 3.83. The highest BCUT2D eigenvalue weighted by atomic mass is 16.3. The van der Waals surface area contributed by atoms with Crippen molar-refractivity contribution in [3.8, 4) is 0 Å².